The Bertz CT molecular complexity index is 1470. The minimum Gasteiger partial charge on any atom is -0.462 e. The van der Waals surface area contributed by atoms with Crippen LogP contribution in [0.3, 0.4) is 0 Å². The molecule has 0 saturated carbocycles. The van der Waals surface area contributed by atoms with Crippen molar-refractivity contribution in [3.63, 3.8) is 0 Å². The highest BCUT2D eigenvalue weighted by Crippen LogP contribution is 2.17. The molecule has 0 amide bonds. The van der Waals surface area contributed by atoms with E-state index in [0.717, 1.165) is 116 Å². The molecule has 0 aliphatic carbocycles. The van der Waals surface area contributed by atoms with Gasteiger partial charge in [0.25, 0.3) is 0 Å². The molecule has 1 unspecified atom stereocenters. The van der Waals surface area contributed by atoms with Gasteiger partial charge in [-0.15, -0.1) is 0 Å². The minimum absolute atomic E-state index is 0.0822. The summed E-state index contributed by atoms with van der Waals surface area (Å²) in [7, 11) is 0. The lowest BCUT2D eigenvalue weighted by Crippen LogP contribution is -2.30. The van der Waals surface area contributed by atoms with Crippen molar-refractivity contribution in [2.24, 2.45) is 0 Å². The summed E-state index contributed by atoms with van der Waals surface area (Å²) >= 11 is 0. The van der Waals surface area contributed by atoms with E-state index >= 15 is 0 Å². The number of carbonyl (C=O) groups excluding carboxylic acids is 3. The van der Waals surface area contributed by atoms with Crippen molar-refractivity contribution in [3.8, 4) is 0 Å². The van der Waals surface area contributed by atoms with E-state index in [2.05, 4.69) is 106 Å². The zero-order valence-corrected chi connectivity index (χ0v) is 51.0. The normalized spacial score (nSPS) is 12.6. The summed E-state index contributed by atoms with van der Waals surface area (Å²) in [6.07, 6.45) is 85.8. The first kappa shape index (κ1) is 73.6. The molecule has 6 heteroatoms. The van der Waals surface area contributed by atoms with Crippen LogP contribution in [-0.4, -0.2) is 37.2 Å². The van der Waals surface area contributed by atoms with Gasteiger partial charge in [0.1, 0.15) is 13.2 Å². The number of esters is 3. The lowest BCUT2D eigenvalue weighted by molar-refractivity contribution is -0.167. The molecule has 0 spiro atoms. The van der Waals surface area contributed by atoms with Crippen LogP contribution in [-0.2, 0) is 28.6 Å². The number of unbranched alkanes of at least 4 members (excludes halogenated alkanes) is 35. The molecule has 0 bridgehead atoms. The minimum atomic E-state index is -0.788. The highest BCUT2D eigenvalue weighted by atomic mass is 16.6. The molecule has 0 N–H and O–H groups in total. The SMILES string of the molecule is CC/C=C\C/C=C\C/C=C\C/C=C\CCCCCCCCC(=O)OC(COC(=O)CCCCCCCCCC/C=C\C/C=C\C/C=C\CCCCCCC)COC(=O)CCCCCCCCCCCCCCCCCCC. The maximum absolute atomic E-state index is 12.9. The monoisotopic (exact) mass is 1070 g/mol. The van der Waals surface area contributed by atoms with E-state index in [1.54, 1.807) is 0 Å². The largest absolute Gasteiger partial charge is 0.462 e. The Kier molecular flexibility index (Phi) is 62.2. The van der Waals surface area contributed by atoms with Crippen LogP contribution in [0.15, 0.2) is 85.1 Å². The van der Waals surface area contributed by atoms with Crippen molar-refractivity contribution in [3.05, 3.63) is 85.1 Å². The number of ether oxygens (including phenoxy) is 3. The average molecular weight is 1070 g/mol. The molecule has 0 aromatic heterocycles. The van der Waals surface area contributed by atoms with Gasteiger partial charge in [-0.25, -0.2) is 0 Å². The molecular weight excluding hydrogens is 949 g/mol. The molecule has 0 saturated heterocycles. The molecular formula is C71H124O6. The van der Waals surface area contributed by atoms with Crippen LogP contribution in [0.5, 0.6) is 0 Å². The smallest absolute Gasteiger partial charge is 0.306 e. The van der Waals surface area contributed by atoms with Gasteiger partial charge in [0.2, 0.25) is 0 Å². The van der Waals surface area contributed by atoms with E-state index in [9.17, 15) is 14.4 Å². The van der Waals surface area contributed by atoms with Gasteiger partial charge in [-0.2, -0.15) is 0 Å². The first-order valence-corrected chi connectivity index (χ1v) is 33.1. The summed E-state index contributed by atoms with van der Waals surface area (Å²) in [5, 5.41) is 0. The zero-order valence-electron chi connectivity index (χ0n) is 51.0. The fourth-order valence-corrected chi connectivity index (χ4v) is 9.44. The highest BCUT2D eigenvalue weighted by Gasteiger charge is 2.19. The average Bonchev–Trinajstić information content (AvgIpc) is 3.43. The molecule has 0 aromatic carbocycles. The number of hydrogen-bond donors (Lipinski definition) is 0. The van der Waals surface area contributed by atoms with Crippen molar-refractivity contribution in [2.45, 2.75) is 335 Å². The second-order valence-corrected chi connectivity index (χ2v) is 22.0. The second-order valence-electron chi connectivity index (χ2n) is 22.0. The molecule has 77 heavy (non-hydrogen) atoms. The van der Waals surface area contributed by atoms with Gasteiger partial charge in [0.15, 0.2) is 6.10 Å². The zero-order chi connectivity index (χ0) is 55.7. The van der Waals surface area contributed by atoms with Gasteiger partial charge in [0.05, 0.1) is 0 Å². The van der Waals surface area contributed by atoms with Crippen molar-refractivity contribution in [2.75, 3.05) is 13.2 Å². The van der Waals surface area contributed by atoms with Crippen LogP contribution < -0.4 is 0 Å². The number of allylic oxidation sites excluding steroid dienone is 14. The van der Waals surface area contributed by atoms with E-state index < -0.39 is 6.10 Å². The van der Waals surface area contributed by atoms with Gasteiger partial charge in [0, 0.05) is 19.3 Å². The molecule has 0 rings (SSSR count). The van der Waals surface area contributed by atoms with Crippen molar-refractivity contribution >= 4 is 17.9 Å². The Morgan fingerprint density at radius 1 is 0.273 bits per heavy atom. The summed E-state index contributed by atoms with van der Waals surface area (Å²) in [5.74, 6) is -0.888. The molecule has 0 heterocycles. The Hall–Kier alpha value is -3.41. The highest BCUT2D eigenvalue weighted by molar-refractivity contribution is 5.71. The Balaban J connectivity index is 4.39. The quantitative estimate of drug-likeness (QED) is 0.0261. The third kappa shape index (κ3) is 63.3. The van der Waals surface area contributed by atoms with Crippen molar-refractivity contribution < 1.29 is 28.6 Å². The number of rotatable bonds is 60. The van der Waals surface area contributed by atoms with E-state index in [1.807, 2.05) is 0 Å². The van der Waals surface area contributed by atoms with Gasteiger partial charge in [-0.1, -0.05) is 298 Å². The van der Waals surface area contributed by atoms with Gasteiger partial charge < -0.3 is 14.2 Å². The Morgan fingerprint density at radius 2 is 0.506 bits per heavy atom. The van der Waals surface area contributed by atoms with Crippen LogP contribution in [0.25, 0.3) is 0 Å². The number of hydrogen-bond acceptors (Lipinski definition) is 6. The van der Waals surface area contributed by atoms with Gasteiger partial charge in [-0.3, -0.25) is 14.4 Å². The van der Waals surface area contributed by atoms with Crippen molar-refractivity contribution in [1.82, 2.24) is 0 Å². The Labute approximate surface area is 477 Å². The second kappa shape index (κ2) is 65.1. The predicted octanol–water partition coefficient (Wildman–Crippen LogP) is 22.7. The molecule has 0 aromatic rings. The molecule has 6 nitrogen and oxygen atoms in total. The number of carbonyl (C=O) groups is 3. The summed E-state index contributed by atoms with van der Waals surface area (Å²) in [6.45, 7) is 6.54. The van der Waals surface area contributed by atoms with Crippen LogP contribution in [0, 0.1) is 0 Å². The molecule has 0 aliphatic heterocycles. The lowest BCUT2D eigenvalue weighted by Gasteiger charge is -2.18. The first-order chi connectivity index (χ1) is 38.0. The maximum atomic E-state index is 12.9. The molecule has 0 radical (unpaired) electrons. The Morgan fingerprint density at radius 3 is 0.792 bits per heavy atom. The summed E-state index contributed by atoms with van der Waals surface area (Å²) in [5.41, 5.74) is 0. The van der Waals surface area contributed by atoms with E-state index in [1.165, 1.54) is 173 Å². The maximum Gasteiger partial charge on any atom is 0.306 e. The lowest BCUT2D eigenvalue weighted by atomic mass is 10.0. The topological polar surface area (TPSA) is 78.9 Å². The van der Waals surface area contributed by atoms with Crippen molar-refractivity contribution in [1.29, 1.82) is 0 Å². The molecule has 444 valence electrons. The summed E-state index contributed by atoms with van der Waals surface area (Å²) in [6, 6.07) is 0. The molecule has 0 aliphatic rings. The van der Waals surface area contributed by atoms with Crippen LogP contribution >= 0.6 is 0 Å². The van der Waals surface area contributed by atoms with Crippen LogP contribution in [0.1, 0.15) is 329 Å². The fraction of sp³-hybridized carbons (Fsp3) is 0.761. The van der Waals surface area contributed by atoms with E-state index in [-0.39, 0.29) is 31.1 Å². The fourth-order valence-electron chi connectivity index (χ4n) is 9.44. The first-order valence-electron chi connectivity index (χ1n) is 33.1. The van der Waals surface area contributed by atoms with E-state index in [4.69, 9.17) is 14.2 Å². The third-order valence-electron chi connectivity index (χ3n) is 14.4. The molecule has 0 fully saturated rings. The van der Waals surface area contributed by atoms with Crippen LogP contribution in [0.2, 0.25) is 0 Å². The van der Waals surface area contributed by atoms with Crippen LogP contribution in [0.4, 0.5) is 0 Å². The summed E-state index contributed by atoms with van der Waals surface area (Å²) < 4.78 is 17.0. The van der Waals surface area contributed by atoms with Gasteiger partial charge in [-0.05, 0) is 96.3 Å². The summed E-state index contributed by atoms with van der Waals surface area (Å²) in [4.78, 5) is 38.4. The van der Waals surface area contributed by atoms with E-state index in [0.29, 0.717) is 19.3 Å². The third-order valence-corrected chi connectivity index (χ3v) is 14.4. The van der Waals surface area contributed by atoms with Gasteiger partial charge >= 0.3 is 17.9 Å². The predicted molar refractivity (Wildman–Crippen MR) is 334 cm³/mol. The standard InChI is InChI=1S/C71H124O6/c1-4-7-10-13-16-19-22-25-28-31-33-34-35-36-38-40-43-46-49-52-55-58-61-64-70(73)76-67-68(66-75-69(72)63-60-57-54-51-48-45-42-39-30-27-24-21-18-15-12-9-6-3)77-71(74)65-62-59-56-53-50-47-44-41-37-32-29-26-23-20-17-14-11-8-5-2/h8,11,17,20,22,25-26,29,31,33,35-37,41,68H,4-7,9-10,12-16,18-19,21,23-24,27-28,30,32,34,38-40,42-67H2,1-3H3/b11-8-,20-17-,25-22-,29-26-,33-31-,36-35-,41-37-. The molecule has 1 atom stereocenters.